The van der Waals surface area contributed by atoms with E-state index in [9.17, 15) is 24.6 Å². The van der Waals surface area contributed by atoms with Gasteiger partial charge >= 0.3 is 5.97 Å². The number of carbonyl (C=O) groups is 3. The number of aldehydes is 1. The molecule has 2 saturated heterocycles. The van der Waals surface area contributed by atoms with E-state index >= 15 is 0 Å². The summed E-state index contributed by atoms with van der Waals surface area (Å²) in [5, 5.41) is 22.5. The van der Waals surface area contributed by atoms with Gasteiger partial charge in [-0.25, -0.2) is 4.79 Å². The molecule has 0 aromatic carbocycles. The highest BCUT2D eigenvalue weighted by Crippen LogP contribution is 2.51. The van der Waals surface area contributed by atoms with E-state index < -0.39 is 18.0 Å². The molecule has 0 radical (unpaired) electrons. The number of β-lactam (4-membered cyclic amide) rings is 1. The molecule has 0 aromatic heterocycles. The van der Waals surface area contributed by atoms with Crippen molar-refractivity contribution in [3.63, 3.8) is 0 Å². The number of carboxylic acid groups (broad SMARTS) is 1. The number of aliphatic hydroxyl groups is 1. The summed E-state index contributed by atoms with van der Waals surface area (Å²) in [7, 11) is 0. The van der Waals surface area contributed by atoms with E-state index in [1.165, 1.54) is 16.7 Å². The van der Waals surface area contributed by atoms with Gasteiger partial charge in [0.1, 0.15) is 12.0 Å². The molecule has 3 rings (SSSR count). The van der Waals surface area contributed by atoms with Gasteiger partial charge in [0.25, 0.3) is 0 Å². The van der Waals surface area contributed by atoms with Crippen LogP contribution in [0, 0.1) is 11.8 Å². The number of aliphatic carboxylic acids is 1. The van der Waals surface area contributed by atoms with Crippen LogP contribution < -0.4 is 5.32 Å². The molecule has 3 aliphatic heterocycles. The van der Waals surface area contributed by atoms with Crippen LogP contribution in [0.4, 0.5) is 0 Å². The molecule has 0 aromatic rings. The number of nitrogens with one attached hydrogen (secondary N) is 1. The molecule has 1 amide bonds. The molecule has 23 heavy (non-hydrogen) atoms. The average Bonchev–Trinajstić information content (AvgIpc) is 3.02. The molecule has 3 heterocycles. The molecule has 7 nitrogen and oxygen atoms in total. The fourth-order valence-corrected chi connectivity index (χ4v) is 5.28. The van der Waals surface area contributed by atoms with Crippen molar-refractivity contribution in [3.05, 3.63) is 10.6 Å². The number of hydrogen-bond acceptors (Lipinski definition) is 6. The molecule has 2 fully saturated rings. The first-order chi connectivity index (χ1) is 10.9. The number of hydrogen-bond donors (Lipinski definition) is 3. The van der Waals surface area contributed by atoms with Crippen molar-refractivity contribution in [2.75, 3.05) is 6.54 Å². The van der Waals surface area contributed by atoms with Gasteiger partial charge in [-0.1, -0.05) is 6.92 Å². The van der Waals surface area contributed by atoms with Crippen molar-refractivity contribution >= 4 is 29.9 Å². The van der Waals surface area contributed by atoms with E-state index in [0.717, 1.165) is 6.29 Å². The van der Waals surface area contributed by atoms with E-state index in [1.807, 2.05) is 6.92 Å². The molecular weight excluding hydrogens is 320 g/mol. The number of amides is 1. The summed E-state index contributed by atoms with van der Waals surface area (Å²) in [5.74, 6) is -2.10. The number of carbonyl (C=O) groups excluding carboxylic acids is 2. The Bertz CT molecular complexity index is 590. The van der Waals surface area contributed by atoms with Crippen LogP contribution in [0.5, 0.6) is 0 Å². The molecule has 8 heteroatoms. The Morgan fingerprint density at radius 2 is 2.22 bits per heavy atom. The second-order valence-electron chi connectivity index (χ2n) is 6.40. The molecule has 0 aliphatic carbocycles. The van der Waals surface area contributed by atoms with Gasteiger partial charge in [0.15, 0.2) is 0 Å². The second kappa shape index (κ2) is 5.92. The Morgan fingerprint density at radius 1 is 1.52 bits per heavy atom. The normalized spacial score (nSPS) is 37.6. The van der Waals surface area contributed by atoms with Gasteiger partial charge in [-0.15, -0.1) is 11.8 Å². The van der Waals surface area contributed by atoms with Gasteiger partial charge in [0.2, 0.25) is 5.91 Å². The summed E-state index contributed by atoms with van der Waals surface area (Å²) in [6.45, 7) is 4.10. The van der Waals surface area contributed by atoms with Crippen LogP contribution in [0.1, 0.15) is 20.3 Å². The Morgan fingerprint density at radius 3 is 2.74 bits per heavy atom. The van der Waals surface area contributed by atoms with Gasteiger partial charge in [0.05, 0.1) is 24.1 Å². The van der Waals surface area contributed by atoms with Gasteiger partial charge in [-0.2, -0.15) is 0 Å². The molecule has 3 N–H and O–H groups in total. The van der Waals surface area contributed by atoms with E-state index in [-0.39, 0.29) is 34.9 Å². The van der Waals surface area contributed by atoms with Crippen molar-refractivity contribution in [1.82, 2.24) is 10.2 Å². The minimum atomic E-state index is -1.11. The number of thioether (sulfide) groups is 1. The monoisotopic (exact) mass is 340 g/mol. The Labute approximate surface area is 138 Å². The Hall–Kier alpha value is -1.38. The lowest BCUT2D eigenvalue weighted by Gasteiger charge is -2.46. The Kier molecular flexibility index (Phi) is 4.24. The molecule has 6 unspecified atom stereocenters. The van der Waals surface area contributed by atoms with Crippen molar-refractivity contribution in [3.8, 4) is 0 Å². The van der Waals surface area contributed by atoms with E-state index in [0.29, 0.717) is 17.9 Å². The van der Waals surface area contributed by atoms with Crippen LogP contribution in [0.25, 0.3) is 0 Å². The quantitative estimate of drug-likeness (QED) is 0.470. The number of carboxylic acids is 1. The maximum absolute atomic E-state index is 12.2. The van der Waals surface area contributed by atoms with Crippen molar-refractivity contribution in [2.24, 2.45) is 11.8 Å². The van der Waals surface area contributed by atoms with Crippen LogP contribution in [-0.4, -0.2) is 63.3 Å². The van der Waals surface area contributed by atoms with E-state index in [1.54, 1.807) is 6.92 Å². The molecule has 0 bridgehead atoms. The van der Waals surface area contributed by atoms with Crippen LogP contribution in [0.15, 0.2) is 10.6 Å². The molecular formula is C15H20N2O5S. The zero-order valence-corrected chi connectivity index (χ0v) is 13.7. The topological polar surface area (TPSA) is 107 Å². The summed E-state index contributed by atoms with van der Waals surface area (Å²) >= 11 is 1.44. The zero-order chi connectivity index (χ0) is 16.9. The highest BCUT2D eigenvalue weighted by Gasteiger charge is 2.60. The van der Waals surface area contributed by atoms with Gasteiger partial charge in [-0.05, 0) is 13.3 Å². The average molecular weight is 340 g/mol. The smallest absolute Gasteiger partial charge is 0.353 e. The summed E-state index contributed by atoms with van der Waals surface area (Å²) in [4.78, 5) is 36.7. The predicted molar refractivity (Wildman–Crippen MR) is 83.5 cm³/mol. The van der Waals surface area contributed by atoms with Crippen LogP contribution in [-0.2, 0) is 14.4 Å². The molecule has 0 spiro atoms. The van der Waals surface area contributed by atoms with Crippen LogP contribution >= 0.6 is 11.8 Å². The van der Waals surface area contributed by atoms with Gasteiger partial charge in [-0.3, -0.25) is 4.79 Å². The third kappa shape index (κ3) is 2.49. The zero-order valence-electron chi connectivity index (χ0n) is 12.9. The summed E-state index contributed by atoms with van der Waals surface area (Å²) in [6, 6.07) is -0.478. The predicted octanol–water partition coefficient (Wildman–Crippen LogP) is -0.197. The third-order valence-electron chi connectivity index (χ3n) is 4.89. The standard InChI is InChI=1S/C15H20N2O5S/c1-6-11-10(7(2)19)14(20)17(11)12(15(21)22)13(6)23-9-3-8(5-18)16-4-9/h5-11,16,19H,3-4H2,1-2H3,(H,21,22). The first-order valence-corrected chi connectivity index (χ1v) is 8.58. The maximum atomic E-state index is 12.2. The highest BCUT2D eigenvalue weighted by molar-refractivity contribution is 8.03. The van der Waals surface area contributed by atoms with Crippen molar-refractivity contribution in [1.29, 1.82) is 0 Å². The van der Waals surface area contributed by atoms with Crippen LogP contribution in [0.2, 0.25) is 0 Å². The second-order valence-corrected chi connectivity index (χ2v) is 7.74. The minimum Gasteiger partial charge on any atom is -0.477 e. The van der Waals surface area contributed by atoms with E-state index in [4.69, 9.17) is 0 Å². The highest BCUT2D eigenvalue weighted by atomic mass is 32.2. The first kappa shape index (κ1) is 16.5. The SMILES string of the molecule is CC(O)C1C(=O)N2C(C(=O)O)=C(SC3CNC(C=O)C3)C(C)C12. The minimum absolute atomic E-state index is 0.0453. The molecule has 3 aliphatic rings. The fourth-order valence-electron chi connectivity index (χ4n) is 3.78. The van der Waals surface area contributed by atoms with Crippen molar-refractivity contribution < 1.29 is 24.6 Å². The van der Waals surface area contributed by atoms with E-state index in [2.05, 4.69) is 5.32 Å². The van der Waals surface area contributed by atoms with Crippen molar-refractivity contribution in [2.45, 2.75) is 43.7 Å². The van der Waals surface area contributed by atoms with Gasteiger partial charge < -0.3 is 25.2 Å². The molecule has 126 valence electrons. The largest absolute Gasteiger partial charge is 0.477 e. The summed E-state index contributed by atoms with van der Waals surface area (Å²) in [6.07, 6.45) is 0.722. The number of rotatable bonds is 5. The fraction of sp³-hybridized carbons (Fsp3) is 0.667. The lowest BCUT2D eigenvalue weighted by Crippen LogP contribution is -2.63. The molecule has 0 saturated carbocycles. The molecule has 6 atom stereocenters. The number of aliphatic hydroxyl groups excluding tert-OH is 1. The lowest BCUT2D eigenvalue weighted by molar-refractivity contribution is -0.163. The Balaban J connectivity index is 1.85. The number of fused-ring (bicyclic) bond motifs is 1. The third-order valence-corrected chi connectivity index (χ3v) is 6.41. The number of nitrogens with zero attached hydrogens (tertiary/aromatic N) is 1. The first-order valence-electron chi connectivity index (χ1n) is 7.70. The van der Waals surface area contributed by atoms with Crippen LogP contribution in [0.3, 0.4) is 0 Å². The van der Waals surface area contributed by atoms with Gasteiger partial charge in [0, 0.05) is 22.6 Å². The summed E-state index contributed by atoms with van der Waals surface area (Å²) in [5.41, 5.74) is 0.0453. The lowest BCUT2D eigenvalue weighted by atomic mass is 9.79. The maximum Gasteiger partial charge on any atom is 0.353 e. The summed E-state index contributed by atoms with van der Waals surface area (Å²) < 4.78 is 0.